The maximum absolute atomic E-state index is 12.3. The highest BCUT2D eigenvalue weighted by Crippen LogP contribution is 2.30. The quantitative estimate of drug-likeness (QED) is 0.682. The predicted molar refractivity (Wildman–Crippen MR) is 94.6 cm³/mol. The molecule has 8 nitrogen and oxygen atoms in total. The van der Waals surface area contributed by atoms with Crippen LogP contribution in [0.5, 0.6) is 11.5 Å². The second kappa shape index (κ2) is 9.28. The van der Waals surface area contributed by atoms with Crippen LogP contribution in [0.15, 0.2) is 18.2 Å². The molecule has 1 aromatic rings. The number of carboxylic acids is 1. The van der Waals surface area contributed by atoms with E-state index in [1.807, 2.05) is 19.1 Å². The summed E-state index contributed by atoms with van der Waals surface area (Å²) in [4.78, 5) is 24.9. The molecule has 0 aliphatic carbocycles. The normalized spacial score (nSPS) is 17.7. The van der Waals surface area contributed by atoms with Gasteiger partial charge in [-0.2, -0.15) is 0 Å². The summed E-state index contributed by atoms with van der Waals surface area (Å²) in [6, 6.07) is 4.95. The molecule has 26 heavy (non-hydrogen) atoms. The van der Waals surface area contributed by atoms with Crippen LogP contribution < -0.4 is 14.8 Å². The molecular formula is C18H26N2O6. The molecule has 0 spiro atoms. The second-order valence-electron chi connectivity index (χ2n) is 6.19. The van der Waals surface area contributed by atoms with Gasteiger partial charge in [0.05, 0.1) is 25.7 Å². The van der Waals surface area contributed by atoms with Crippen LogP contribution in [-0.2, 0) is 9.53 Å². The average molecular weight is 366 g/mol. The van der Waals surface area contributed by atoms with E-state index in [0.29, 0.717) is 37.7 Å². The molecule has 1 aliphatic rings. The lowest BCUT2D eigenvalue weighted by Gasteiger charge is -2.22. The molecule has 1 fully saturated rings. The highest BCUT2D eigenvalue weighted by molar-refractivity contribution is 5.77. The van der Waals surface area contributed by atoms with Gasteiger partial charge >= 0.3 is 12.0 Å². The monoisotopic (exact) mass is 366 g/mol. The largest absolute Gasteiger partial charge is 0.493 e. The number of methoxy groups -OCH3 is 2. The first kappa shape index (κ1) is 19.8. The van der Waals surface area contributed by atoms with Gasteiger partial charge in [0.25, 0.3) is 0 Å². The summed E-state index contributed by atoms with van der Waals surface area (Å²) in [6.45, 7) is 3.44. The van der Waals surface area contributed by atoms with Crippen molar-refractivity contribution in [2.24, 2.45) is 5.92 Å². The van der Waals surface area contributed by atoms with Gasteiger partial charge in [-0.25, -0.2) is 4.79 Å². The van der Waals surface area contributed by atoms with Gasteiger partial charge in [-0.15, -0.1) is 0 Å². The first-order valence-electron chi connectivity index (χ1n) is 8.54. The molecular weight excluding hydrogens is 340 g/mol. The van der Waals surface area contributed by atoms with Crippen molar-refractivity contribution in [1.29, 1.82) is 0 Å². The number of likely N-dealkylation sites (tertiary alicyclic amines) is 1. The minimum Gasteiger partial charge on any atom is -0.493 e. The molecule has 1 aromatic carbocycles. The summed E-state index contributed by atoms with van der Waals surface area (Å²) in [5, 5.41) is 11.9. The van der Waals surface area contributed by atoms with Crippen LogP contribution in [0, 0.1) is 5.92 Å². The number of amides is 2. The lowest BCUT2D eigenvalue weighted by molar-refractivity contribution is -0.141. The van der Waals surface area contributed by atoms with Crippen LogP contribution in [-0.4, -0.2) is 62.5 Å². The van der Waals surface area contributed by atoms with Crippen molar-refractivity contribution in [1.82, 2.24) is 10.2 Å². The third kappa shape index (κ3) is 5.01. The Hall–Kier alpha value is -2.48. The number of carboxylic acid groups (broad SMARTS) is 1. The Labute approximate surface area is 153 Å². The van der Waals surface area contributed by atoms with Crippen LogP contribution in [0.1, 0.15) is 24.9 Å². The van der Waals surface area contributed by atoms with Gasteiger partial charge in [0, 0.05) is 20.2 Å². The number of ether oxygens (including phenoxy) is 3. The fraction of sp³-hybridized carbons (Fsp3) is 0.556. The van der Waals surface area contributed by atoms with Gasteiger partial charge in [-0.05, 0) is 31.0 Å². The van der Waals surface area contributed by atoms with Gasteiger partial charge < -0.3 is 29.5 Å². The first-order chi connectivity index (χ1) is 12.5. The second-order valence-corrected chi connectivity index (χ2v) is 6.19. The molecule has 1 saturated heterocycles. The number of nitrogens with one attached hydrogen (secondary N) is 1. The molecule has 1 aliphatic heterocycles. The van der Waals surface area contributed by atoms with E-state index >= 15 is 0 Å². The third-order valence-electron chi connectivity index (χ3n) is 4.40. The molecule has 2 amide bonds. The van der Waals surface area contributed by atoms with Crippen molar-refractivity contribution in [2.45, 2.75) is 19.4 Å². The number of aliphatic carboxylic acids is 1. The van der Waals surface area contributed by atoms with E-state index in [0.717, 1.165) is 5.56 Å². The van der Waals surface area contributed by atoms with Crippen LogP contribution in [0.4, 0.5) is 4.79 Å². The molecule has 2 rings (SSSR count). The summed E-state index contributed by atoms with van der Waals surface area (Å²) in [5.74, 6) is -0.163. The average Bonchev–Trinajstić information content (AvgIpc) is 3.12. The van der Waals surface area contributed by atoms with Crippen molar-refractivity contribution in [3.8, 4) is 11.5 Å². The lowest BCUT2D eigenvalue weighted by Crippen LogP contribution is -2.40. The number of carbonyl (C=O) groups excluding carboxylic acids is 1. The zero-order chi connectivity index (χ0) is 19.1. The van der Waals surface area contributed by atoms with Gasteiger partial charge in [0.1, 0.15) is 6.61 Å². The van der Waals surface area contributed by atoms with Crippen LogP contribution >= 0.6 is 0 Å². The molecule has 8 heteroatoms. The van der Waals surface area contributed by atoms with Gasteiger partial charge in [-0.1, -0.05) is 6.07 Å². The Kier molecular flexibility index (Phi) is 7.08. The minimum atomic E-state index is -0.859. The Bertz CT molecular complexity index is 636. The Morgan fingerprint density at radius 3 is 2.69 bits per heavy atom. The fourth-order valence-electron chi connectivity index (χ4n) is 2.81. The maximum atomic E-state index is 12.3. The molecule has 2 atom stereocenters. The van der Waals surface area contributed by atoms with Gasteiger partial charge in [0.2, 0.25) is 0 Å². The number of carbonyl (C=O) groups is 2. The van der Waals surface area contributed by atoms with Crippen molar-refractivity contribution in [3.05, 3.63) is 23.8 Å². The molecule has 0 aromatic heterocycles. The van der Waals surface area contributed by atoms with Crippen molar-refractivity contribution in [3.63, 3.8) is 0 Å². The van der Waals surface area contributed by atoms with Gasteiger partial charge in [-0.3, -0.25) is 4.79 Å². The molecule has 0 bridgehead atoms. The number of rotatable bonds is 8. The standard InChI is InChI=1S/C18H26N2O6/c1-12(19-18(23)20-7-6-14(11-20)17(21)22)13-4-5-15(16(10-13)25-3)26-9-8-24-2/h4-5,10,12,14H,6-9,11H2,1-3H3,(H,19,23)(H,21,22). The van der Waals surface area contributed by atoms with E-state index in [4.69, 9.17) is 19.3 Å². The van der Waals surface area contributed by atoms with Crippen LogP contribution in [0.25, 0.3) is 0 Å². The summed E-state index contributed by atoms with van der Waals surface area (Å²) >= 11 is 0. The zero-order valence-corrected chi connectivity index (χ0v) is 15.4. The van der Waals surface area contributed by atoms with Crippen LogP contribution in [0.3, 0.4) is 0 Å². The van der Waals surface area contributed by atoms with Crippen molar-refractivity contribution < 1.29 is 28.9 Å². The number of nitrogens with zero attached hydrogens (tertiary/aromatic N) is 1. The summed E-state index contributed by atoms with van der Waals surface area (Å²) in [5.41, 5.74) is 0.864. The fourth-order valence-corrected chi connectivity index (χ4v) is 2.81. The van der Waals surface area contributed by atoms with E-state index in [-0.39, 0.29) is 18.6 Å². The smallest absolute Gasteiger partial charge is 0.317 e. The highest BCUT2D eigenvalue weighted by Gasteiger charge is 2.31. The van der Waals surface area contributed by atoms with E-state index in [2.05, 4.69) is 5.32 Å². The SMILES string of the molecule is COCCOc1ccc(C(C)NC(=O)N2CCC(C(=O)O)C2)cc1OC. The Morgan fingerprint density at radius 1 is 1.31 bits per heavy atom. The first-order valence-corrected chi connectivity index (χ1v) is 8.54. The molecule has 0 saturated carbocycles. The number of benzene rings is 1. The predicted octanol–water partition coefficient (Wildman–Crippen LogP) is 1.90. The third-order valence-corrected chi connectivity index (χ3v) is 4.40. The number of hydrogen-bond donors (Lipinski definition) is 2. The van der Waals surface area contributed by atoms with E-state index in [9.17, 15) is 9.59 Å². The molecule has 2 N–H and O–H groups in total. The zero-order valence-electron chi connectivity index (χ0n) is 15.4. The molecule has 1 heterocycles. The molecule has 0 radical (unpaired) electrons. The summed E-state index contributed by atoms with van der Waals surface area (Å²) in [6.07, 6.45) is 0.485. The van der Waals surface area contributed by atoms with Gasteiger partial charge in [0.15, 0.2) is 11.5 Å². The molecule has 144 valence electrons. The topological polar surface area (TPSA) is 97.3 Å². The van der Waals surface area contributed by atoms with E-state index in [1.165, 1.54) is 4.90 Å². The van der Waals surface area contributed by atoms with Crippen molar-refractivity contribution in [2.75, 3.05) is 40.5 Å². The maximum Gasteiger partial charge on any atom is 0.317 e. The number of urea groups is 1. The Morgan fingerprint density at radius 2 is 2.08 bits per heavy atom. The van der Waals surface area contributed by atoms with E-state index < -0.39 is 11.9 Å². The summed E-state index contributed by atoms with van der Waals surface area (Å²) in [7, 11) is 3.16. The minimum absolute atomic E-state index is 0.240. The molecule has 2 unspecified atom stereocenters. The Balaban J connectivity index is 1.97. The lowest BCUT2D eigenvalue weighted by atomic mass is 10.1. The number of hydrogen-bond acceptors (Lipinski definition) is 5. The van der Waals surface area contributed by atoms with Crippen molar-refractivity contribution >= 4 is 12.0 Å². The van der Waals surface area contributed by atoms with Crippen LogP contribution in [0.2, 0.25) is 0 Å². The van der Waals surface area contributed by atoms with E-state index in [1.54, 1.807) is 20.3 Å². The highest BCUT2D eigenvalue weighted by atomic mass is 16.5. The summed E-state index contributed by atoms with van der Waals surface area (Å²) < 4.78 is 15.9.